The van der Waals surface area contributed by atoms with Crippen molar-refractivity contribution in [3.05, 3.63) is 27.7 Å². The van der Waals surface area contributed by atoms with Gasteiger partial charge in [0.15, 0.2) is 0 Å². The van der Waals surface area contributed by atoms with Crippen LogP contribution in [-0.2, 0) is 6.18 Å². The van der Waals surface area contributed by atoms with Gasteiger partial charge in [-0.05, 0) is 58.9 Å². The third kappa shape index (κ3) is 3.23. The normalized spacial score (nSPS) is 20.4. The molecule has 106 valence electrons. The SMILES string of the molecule is COc1cc(C(F)(F)F)c(C2CCCNC2)cc1Br. The van der Waals surface area contributed by atoms with E-state index in [1.807, 2.05) is 0 Å². The van der Waals surface area contributed by atoms with E-state index in [1.54, 1.807) is 6.07 Å². The Balaban J connectivity index is 2.48. The first-order valence-corrected chi connectivity index (χ1v) is 6.88. The van der Waals surface area contributed by atoms with Gasteiger partial charge in [0, 0.05) is 6.54 Å². The Morgan fingerprint density at radius 2 is 2.11 bits per heavy atom. The van der Waals surface area contributed by atoms with Crippen molar-refractivity contribution in [2.45, 2.75) is 24.9 Å². The van der Waals surface area contributed by atoms with Gasteiger partial charge in [-0.1, -0.05) is 0 Å². The molecule has 2 rings (SSSR count). The summed E-state index contributed by atoms with van der Waals surface area (Å²) in [5, 5.41) is 3.15. The number of rotatable bonds is 2. The highest BCUT2D eigenvalue weighted by atomic mass is 79.9. The summed E-state index contributed by atoms with van der Waals surface area (Å²) in [5.74, 6) is 0.104. The van der Waals surface area contributed by atoms with Crippen LogP contribution in [0, 0.1) is 0 Å². The molecule has 1 aromatic carbocycles. The highest BCUT2D eigenvalue weighted by Crippen LogP contribution is 2.41. The Labute approximate surface area is 118 Å². The van der Waals surface area contributed by atoms with Crippen LogP contribution in [0.15, 0.2) is 16.6 Å². The van der Waals surface area contributed by atoms with Gasteiger partial charge in [0.2, 0.25) is 0 Å². The molecular weight excluding hydrogens is 323 g/mol. The summed E-state index contributed by atoms with van der Waals surface area (Å²) in [4.78, 5) is 0. The van der Waals surface area contributed by atoms with Crippen LogP contribution < -0.4 is 10.1 Å². The molecule has 1 unspecified atom stereocenters. The Kier molecular flexibility index (Phi) is 4.40. The van der Waals surface area contributed by atoms with Crippen LogP contribution in [-0.4, -0.2) is 20.2 Å². The summed E-state index contributed by atoms with van der Waals surface area (Å²) in [5.41, 5.74) is -0.256. The van der Waals surface area contributed by atoms with Crippen LogP contribution in [0.5, 0.6) is 5.75 Å². The van der Waals surface area contributed by atoms with E-state index in [2.05, 4.69) is 21.2 Å². The minimum absolute atomic E-state index is 0.104. The van der Waals surface area contributed by atoms with Gasteiger partial charge in [0.1, 0.15) is 5.75 Å². The lowest BCUT2D eigenvalue weighted by Crippen LogP contribution is -2.29. The predicted octanol–water partition coefficient (Wildman–Crippen LogP) is 3.94. The molecule has 1 saturated heterocycles. The fraction of sp³-hybridized carbons (Fsp3) is 0.538. The Morgan fingerprint density at radius 1 is 1.37 bits per heavy atom. The highest BCUT2D eigenvalue weighted by Gasteiger charge is 2.36. The highest BCUT2D eigenvalue weighted by molar-refractivity contribution is 9.10. The monoisotopic (exact) mass is 337 g/mol. The number of alkyl halides is 3. The van der Waals surface area contributed by atoms with Crippen molar-refractivity contribution in [3.8, 4) is 5.75 Å². The van der Waals surface area contributed by atoms with Gasteiger partial charge in [-0.3, -0.25) is 0 Å². The fourth-order valence-electron chi connectivity index (χ4n) is 2.43. The Hall–Kier alpha value is -0.750. The minimum atomic E-state index is -4.36. The predicted molar refractivity (Wildman–Crippen MR) is 70.5 cm³/mol. The number of nitrogens with one attached hydrogen (secondary N) is 1. The average molecular weight is 338 g/mol. The molecule has 1 aliphatic heterocycles. The lowest BCUT2D eigenvalue weighted by Gasteiger charge is -2.26. The van der Waals surface area contributed by atoms with Crippen molar-refractivity contribution < 1.29 is 17.9 Å². The molecule has 1 fully saturated rings. The first-order chi connectivity index (χ1) is 8.93. The molecule has 0 radical (unpaired) electrons. The quantitative estimate of drug-likeness (QED) is 0.882. The summed E-state index contributed by atoms with van der Waals surface area (Å²) in [6.07, 6.45) is -2.69. The van der Waals surface area contributed by atoms with Gasteiger partial charge >= 0.3 is 6.18 Å². The third-order valence-corrected chi connectivity index (χ3v) is 3.99. The van der Waals surface area contributed by atoms with Gasteiger partial charge < -0.3 is 10.1 Å². The minimum Gasteiger partial charge on any atom is -0.496 e. The molecule has 0 aromatic heterocycles. The second kappa shape index (κ2) is 5.71. The van der Waals surface area contributed by atoms with E-state index in [0.717, 1.165) is 25.5 Å². The van der Waals surface area contributed by atoms with E-state index in [9.17, 15) is 13.2 Å². The molecule has 1 heterocycles. The van der Waals surface area contributed by atoms with E-state index in [-0.39, 0.29) is 11.7 Å². The van der Waals surface area contributed by atoms with Crippen molar-refractivity contribution in [2.75, 3.05) is 20.2 Å². The first kappa shape index (κ1) is 14.7. The summed E-state index contributed by atoms with van der Waals surface area (Å²) in [7, 11) is 1.36. The molecule has 2 nitrogen and oxygen atoms in total. The number of hydrogen-bond donors (Lipinski definition) is 1. The van der Waals surface area contributed by atoms with Crippen molar-refractivity contribution in [3.63, 3.8) is 0 Å². The van der Waals surface area contributed by atoms with Crippen LogP contribution >= 0.6 is 15.9 Å². The third-order valence-electron chi connectivity index (χ3n) is 3.37. The number of ether oxygens (including phenoxy) is 1. The molecule has 0 saturated carbocycles. The number of benzene rings is 1. The van der Waals surface area contributed by atoms with Crippen LogP contribution in [0.1, 0.15) is 29.9 Å². The second-order valence-electron chi connectivity index (χ2n) is 4.62. The van der Waals surface area contributed by atoms with Crippen LogP contribution in [0.3, 0.4) is 0 Å². The van der Waals surface area contributed by atoms with Gasteiger partial charge in [0.05, 0.1) is 17.1 Å². The van der Waals surface area contributed by atoms with Crippen molar-refractivity contribution in [1.82, 2.24) is 5.32 Å². The molecule has 0 amide bonds. The largest absolute Gasteiger partial charge is 0.496 e. The molecule has 1 aliphatic rings. The van der Waals surface area contributed by atoms with E-state index in [1.165, 1.54) is 7.11 Å². The zero-order valence-electron chi connectivity index (χ0n) is 10.5. The molecule has 19 heavy (non-hydrogen) atoms. The van der Waals surface area contributed by atoms with Crippen LogP contribution in [0.4, 0.5) is 13.2 Å². The maximum Gasteiger partial charge on any atom is 0.416 e. The van der Waals surface area contributed by atoms with Crippen molar-refractivity contribution >= 4 is 15.9 Å². The molecule has 1 N–H and O–H groups in total. The van der Waals surface area contributed by atoms with Gasteiger partial charge in [-0.2, -0.15) is 13.2 Å². The summed E-state index contributed by atoms with van der Waals surface area (Å²) < 4.78 is 45.0. The summed E-state index contributed by atoms with van der Waals surface area (Å²) in [6.45, 7) is 1.46. The maximum atomic E-state index is 13.2. The molecule has 1 atom stereocenters. The molecule has 0 spiro atoms. The molecular formula is C13H15BrF3NO. The topological polar surface area (TPSA) is 21.3 Å². The zero-order chi connectivity index (χ0) is 14.0. The smallest absolute Gasteiger partial charge is 0.416 e. The van der Waals surface area contributed by atoms with E-state index < -0.39 is 11.7 Å². The van der Waals surface area contributed by atoms with Crippen molar-refractivity contribution in [2.24, 2.45) is 0 Å². The average Bonchev–Trinajstić information content (AvgIpc) is 2.38. The number of methoxy groups -OCH3 is 1. The lowest BCUT2D eigenvalue weighted by molar-refractivity contribution is -0.138. The summed E-state index contributed by atoms with van der Waals surface area (Å²) >= 11 is 3.26. The van der Waals surface area contributed by atoms with Gasteiger partial charge in [-0.15, -0.1) is 0 Å². The fourth-order valence-corrected chi connectivity index (χ4v) is 2.95. The number of hydrogen-bond acceptors (Lipinski definition) is 2. The zero-order valence-corrected chi connectivity index (χ0v) is 12.1. The Morgan fingerprint density at radius 3 is 2.63 bits per heavy atom. The van der Waals surface area contributed by atoms with Gasteiger partial charge in [0.25, 0.3) is 0 Å². The van der Waals surface area contributed by atoms with E-state index in [4.69, 9.17) is 4.74 Å². The van der Waals surface area contributed by atoms with E-state index in [0.29, 0.717) is 16.6 Å². The van der Waals surface area contributed by atoms with Crippen LogP contribution in [0.25, 0.3) is 0 Å². The molecule has 6 heteroatoms. The van der Waals surface area contributed by atoms with Gasteiger partial charge in [-0.25, -0.2) is 0 Å². The molecule has 1 aromatic rings. The van der Waals surface area contributed by atoms with E-state index >= 15 is 0 Å². The Bertz CT molecular complexity index is 456. The first-order valence-electron chi connectivity index (χ1n) is 6.09. The number of halogens is 4. The maximum absolute atomic E-state index is 13.2. The standard InChI is InChI=1S/C13H15BrF3NO/c1-19-12-6-10(13(15,16)17)9(5-11(12)14)8-3-2-4-18-7-8/h5-6,8,18H,2-4,7H2,1H3. The van der Waals surface area contributed by atoms with Crippen LogP contribution in [0.2, 0.25) is 0 Å². The second-order valence-corrected chi connectivity index (χ2v) is 5.47. The lowest BCUT2D eigenvalue weighted by atomic mass is 9.88. The molecule has 0 aliphatic carbocycles. The van der Waals surface area contributed by atoms with Crippen molar-refractivity contribution in [1.29, 1.82) is 0 Å². The summed E-state index contributed by atoms with van der Waals surface area (Å²) in [6, 6.07) is 2.62. The number of piperidine rings is 1. The molecule has 0 bridgehead atoms.